The zero-order chi connectivity index (χ0) is 12.3. The van der Waals surface area contributed by atoms with Crippen molar-refractivity contribution in [3.05, 3.63) is 23.5 Å². The summed E-state index contributed by atoms with van der Waals surface area (Å²) in [4.78, 5) is 0. The summed E-state index contributed by atoms with van der Waals surface area (Å²) in [6.45, 7) is 5.78. The first-order chi connectivity index (χ1) is 8.18. The highest BCUT2D eigenvalue weighted by molar-refractivity contribution is 5.28. The molecule has 0 spiro atoms. The Hall–Kier alpha value is -0.760. The van der Waals surface area contributed by atoms with Crippen LogP contribution in [0.1, 0.15) is 63.3 Å². The Morgan fingerprint density at radius 3 is 3.00 bits per heavy atom. The summed E-state index contributed by atoms with van der Waals surface area (Å²) in [6.07, 6.45) is 9.87. The van der Waals surface area contributed by atoms with Crippen LogP contribution in [0.5, 0.6) is 0 Å². The molecule has 1 heterocycles. The monoisotopic (exact) mass is 234 g/mol. The van der Waals surface area contributed by atoms with Crippen molar-refractivity contribution < 1.29 is 0 Å². The van der Waals surface area contributed by atoms with E-state index in [0.29, 0.717) is 0 Å². The Kier molecular flexibility index (Phi) is 4.27. The van der Waals surface area contributed by atoms with Crippen LogP contribution < -0.4 is 5.73 Å². The lowest BCUT2D eigenvalue weighted by molar-refractivity contribution is 0.492. The molecule has 1 aromatic rings. The van der Waals surface area contributed by atoms with Gasteiger partial charge >= 0.3 is 0 Å². The maximum atomic E-state index is 6.14. The molecule has 0 aliphatic heterocycles. The summed E-state index contributed by atoms with van der Waals surface area (Å²) in [5.41, 5.74) is 9.05. The number of fused-ring (bicyclic) bond motifs is 1. The first-order valence-electron chi connectivity index (χ1n) is 7.12. The van der Waals surface area contributed by atoms with E-state index >= 15 is 0 Å². The second-order valence-electron chi connectivity index (χ2n) is 5.80. The minimum atomic E-state index is 0.288. The van der Waals surface area contributed by atoms with Crippen LogP contribution in [0.3, 0.4) is 0 Å². The average molecular weight is 234 g/mol. The van der Waals surface area contributed by atoms with E-state index in [4.69, 9.17) is 5.73 Å². The predicted octanol–water partition coefficient (Wildman–Crippen LogP) is 3.65. The van der Waals surface area contributed by atoms with Crippen LogP contribution in [0.15, 0.2) is 12.3 Å². The third kappa shape index (κ3) is 3.12. The van der Waals surface area contributed by atoms with Crippen molar-refractivity contribution >= 4 is 0 Å². The van der Waals surface area contributed by atoms with Crippen molar-refractivity contribution in [2.75, 3.05) is 0 Å². The molecule has 17 heavy (non-hydrogen) atoms. The Morgan fingerprint density at radius 2 is 2.24 bits per heavy atom. The standard InChI is InChI=1S/C15H26N2/c1-12(2)6-3-4-10-17-11-9-13-14(16)7-5-8-15(13)17/h9,11-12,14H,3-8,10,16H2,1-2H3. The summed E-state index contributed by atoms with van der Waals surface area (Å²) >= 11 is 0. The molecule has 2 nitrogen and oxygen atoms in total. The quantitative estimate of drug-likeness (QED) is 0.775. The first-order valence-corrected chi connectivity index (χ1v) is 7.12. The normalized spacial score (nSPS) is 19.6. The second-order valence-corrected chi connectivity index (χ2v) is 5.80. The van der Waals surface area contributed by atoms with Gasteiger partial charge in [-0.1, -0.05) is 26.7 Å². The SMILES string of the molecule is CC(C)CCCCn1ccc2c1CCCC2N. The summed E-state index contributed by atoms with van der Waals surface area (Å²) < 4.78 is 2.44. The Morgan fingerprint density at radius 1 is 1.41 bits per heavy atom. The van der Waals surface area contributed by atoms with Gasteiger partial charge in [0.2, 0.25) is 0 Å². The van der Waals surface area contributed by atoms with E-state index in [9.17, 15) is 0 Å². The second kappa shape index (κ2) is 5.72. The number of nitrogens with zero attached hydrogens (tertiary/aromatic N) is 1. The molecule has 0 aromatic carbocycles. The van der Waals surface area contributed by atoms with Gasteiger partial charge in [0, 0.05) is 24.5 Å². The van der Waals surface area contributed by atoms with Gasteiger partial charge < -0.3 is 10.3 Å². The lowest BCUT2D eigenvalue weighted by Gasteiger charge is -2.21. The first kappa shape index (κ1) is 12.7. The zero-order valence-electron chi connectivity index (χ0n) is 11.3. The van der Waals surface area contributed by atoms with E-state index in [2.05, 4.69) is 30.7 Å². The average Bonchev–Trinajstić information content (AvgIpc) is 2.69. The largest absolute Gasteiger partial charge is 0.351 e. The summed E-state index contributed by atoms with van der Waals surface area (Å²) in [5.74, 6) is 0.835. The molecule has 0 radical (unpaired) electrons. The van der Waals surface area contributed by atoms with E-state index < -0.39 is 0 Å². The molecule has 1 atom stereocenters. The summed E-state index contributed by atoms with van der Waals surface area (Å²) in [6, 6.07) is 2.53. The molecule has 1 unspecified atom stereocenters. The van der Waals surface area contributed by atoms with Crippen molar-refractivity contribution in [3.8, 4) is 0 Å². The number of rotatable bonds is 5. The van der Waals surface area contributed by atoms with Gasteiger partial charge in [-0.2, -0.15) is 0 Å². The topological polar surface area (TPSA) is 30.9 Å². The van der Waals surface area contributed by atoms with Crippen LogP contribution in [0.4, 0.5) is 0 Å². The molecule has 1 aromatic heterocycles. The van der Waals surface area contributed by atoms with E-state index in [1.165, 1.54) is 49.9 Å². The minimum Gasteiger partial charge on any atom is -0.351 e. The molecule has 2 heteroatoms. The molecule has 1 aliphatic carbocycles. The van der Waals surface area contributed by atoms with Crippen LogP contribution in [0, 0.1) is 5.92 Å². The van der Waals surface area contributed by atoms with Crippen LogP contribution in [0.25, 0.3) is 0 Å². The molecular weight excluding hydrogens is 208 g/mol. The Labute approximate surface area is 105 Å². The van der Waals surface area contributed by atoms with Crippen LogP contribution in [-0.4, -0.2) is 4.57 Å². The van der Waals surface area contributed by atoms with Crippen molar-refractivity contribution in [1.29, 1.82) is 0 Å². The van der Waals surface area contributed by atoms with Crippen LogP contribution in [-0.2, 0) is 13.0 Å². The molecular formula is C15H26N2. The van der Waals surface area contributed by atoms with Crippen molar-refractivity contribution in [3.63, 3.8) is 0 Å². The minimum absolute atomic E-state index is 0.288. The van der Waals surface area contributed by atoms with Crippen LogP contribution >= 0.6 is 0 Å². The molecule has 96 valence electrons. The van der Waals surface area contributed by atoms with Gasteiger partial charge in [0.1, 0.15) is 0 Å². The van der Waals surface area contributed by atoms with Gasteiger partial charge in [0.15, 0.2) is 0 Å². The number of unbranched alkanes of at least 4 members (excludes halogenated alkanes) is 1. The maximum Gasteiger partial charge on any atom is 0.0312 e. The third-order valence-corrected chi connectivity index (χ3v) is 3.87. The fourth-order valence-electron chi connectivity index (χ4n) is 2.84. The molecule has 1 aliphatic rings. The predicted molar refractivity (Wildman–Crippen MR) is 73.0 cm³/mol. The van der Waals surface area contributed by atoms with Crippen LogP contribution in [0.2, 0.25) is 0 Å². The number of aromatic nitrogens is 1. The fraction of sp³-hybridized carbons (Fsp3) is 0.733. The number of hydrogen-bond donors (Lipinski definition) is 1. The molecule has 0 saturated heterocycles. The van der Waals surface area contributed by atoms with Gasteiger partial charge in [-0.05, 0) is 43.2 Å². The van der Waals surface area contributed by atoms with Crippen molar-refractivity contribution in [2.24, 2.45) is 11.7 Å². The fourth-order valence-corrected chi connectivity index (χ4v) is 2.84. The Balaban J connectivity index is 1.89. The molecule has 0 fully saturated rings. The van der Waals surface area contributed by atoms with Crippen molar-refractivity contribution in [2.45, 2.75) is 65.0 Å². The smallest absolute Gasteiger partial charge is 0.0312 e. The molecule has 0 bridgehead atoms. The number of aryl methyl sites for hydroxylation is 1. The van der Waals surface area contributed by atoms with E-state index in [-0.39, 0.29) is 6.04 Å². The van der Waals surface area contributed by atoms with E-state index in [1.54, 1.807) is 0 Å². The third-order valence-electron chi connectivity index (χ3n) is 3.87. The number of nitrogens with two attached hydrogens (primary N) is 1. The Bertz CT molecular complexity index is 352. The highest BCUT2D eigenvalue weighted by atomic mass is 15.0. The van der Waals surface area contributed by atoms with E-state index in [1.807, 2.05) is 0 Å². The van der Waals surface area contributed by atoms with Gasteiger partial charge in [-0.15, -0.1) is 0 Å². The number of hydrogen-bond acceptors (Lipinski definition) is 1. The lowest BCUT2D eigenvalue weighted by atomic mass is 9.93. The van der Waals surface area contributed by atoms with Crippen molar-refractivity contribution in [1.82, 2.24) is 4.57 Å². The van der Waals surface area contributed by atoms with Gasteiger partial charge in [0.05, 0.1) is 0 Å². The van der Waals surface area contributed by atoms with E-state index in [0.717, 1.165) is 12.3 Å². The van der Waals surface area contributed by atoms with Gasteiger partial charge in [-0.25, -0.2) is 0 Å². The highest BCUT2D eigenvalue weighted by Gasteiger charge is 2.19. The zero-order valence-corrected chi connectivity index (χ0v) is 11.3. The molecule has 2 rings (SSSR count). The van der Waals surface area contributed by atoms with Gasteiger partial charge in [0.25, 0.3) is 0 Å². The summed E-state index contributed by atoms with van der Waals surface area (Å²) in [7, 11) is 0. The molecule has 2 N–H and O–H groups in total. The van der Waals surface area contributed by atoms with Gasteiger partial charge in [-0.3, -0.25) is 0 Å². The summed E-state index contributed by atoms with van der Waals surface area (Å²) in [5, 5.41) is 0. The molecule has 0 amide bonds. The molecule has 0 saturated carbocycles. The lowest BCUT2D eigenvalue weighted by Crippen LogP contribution is -2.18. The maximum absolute atomic E-state index is 6.14. The highest BCUT2D eigenvalue weighted by Crippen LogP contribution is 2.28.